The largest absolute Gasteiger partial charge is 0.355 e. The molecule has 1 unspecified atom stereocenters. The highest BCUT2D eigenvalue weighted by Gasteiger charge is 2.12. The lowest BCUT2D eigenvalue weighted by Crippen LogP contribution is -2.06. The molecule has 2 rings (SSSR count). The zero-order chi connectivity index (χ0) is 13.1. The minimum Gasteiger partial charge on any atom is -0.355 e. The van der Waals surface area contributed by atoms with Crippen LogP contribution in [0.15, 0.2) is 28.7 Å². The Morgan fingerprint density at radius 3 is 2.94 bits per heavy atom. The third-order valence-electron chi connectivity index (χ3n) is 2.38. The van der Waals surface area contributed by atoms with Gasteiger partial charge in [0.15, 0.2) is 10.3 Å². The van der Waals surface area contributed by atoms with Gasteiger partial charge in [0, 0.05) is 4.47 Å². The SMILES string of the molecule is CC(Nc1nc(Cl)c(C#N)s1)c1cccc(Br)c1. The standard InChI is InChI=1S/C12H9BrClN3S/c1-7(8-3-2-4-9(13)5-8)16-12-17-11(14)10(6-15)18-12/h2-5,7H,1H3,(H,16,17). The summed E-state index contributed by atoms with van der Waals surface area (Å²) in [7, 11) is 0. The van der Waals surface area contributed by atoms with Gasteiger partial charge in [0.1, 0.15) is 10.9 Å². The molecule has 0 aliphatic rings. The van der Waals surface area contributed by atoms with Crippen molar-refractivity contribution >= 4 is 44.0 Å². The van der Waals surface area contributed by atoms with Crippen LogP contribution in [0.25, 0.3) is 0 Å². The van der Waals surface area contributed by atoms with Gasteiger partial charge in [0.2, 0.25) is 0 Å². The summed E-state index contributed by atoms with van der Waals surface area (Å²) in [4.78, 5) is 4.54. The molecule has 1 heterocycles. The fraction of sp³-hybridized carbons (Fsp3) is 0.167. The van der Waals surface area contributed by atoms with E-state index in [0.717, 1.165) is 10.0 Å². The maximum absolute atomic E-state index is 8.82. The molecule has 1 aromatic heterocycles. The second-order valence-corrected chi connectivity index (χ2v) is 5.94. The second kappa shape index (κ2) is 5.70. The number of hydrogen-bond acceptors (Lipinski definition) is 4. The van der Waals surface area contributed by atoms with Crippen LogP contribution in [0.3, 0.4) is 0 Å². The van der Waals surface area contributed by atoms with E-state index in [1.807, 2.05) is 37.3 Å². The molecule has 6 heteroatoms. The fourth-order valence-electron chi connectivity index (χ4n) is 1.48. The number of anilines is 1. The number of nitrogens with zero attached hydrogens (tertiary/aromatic N) is 2. The van der Waals surface area contributed by atoms with E-state index in [0.29, 0.717) is 10.0 Å². The van der Waals surface area contributed by atoms with Gasteiger partial charge in [0.05, 0.1) is 6.04 Å². The highest BCUT2D eigenvalue weighted by molar-refractivity contribution is 9.10. The first-order valence-electron chi connectivity index (χ1n) is 5.18. The average molecular weight is 343 g/mol. The van der Waals surface area contributed by atoms with E-state index in [-0.39, 0.29) is 11.2 Å². The summed E-state index contributed by atoms with van der Waals surface area (Å²) < 4.78 is 1.03. The summed E-state index contributed by atoms with van der Waals surface area (Å²) in [5, 5.41) is 13.0. The van der Waals surface area contributed by atoms with Crippen molar-refractivity contribution in [2.75, 3.05) is 5.32 Å². The predicted molar refractivity (Wildman–Crippen MR) is 78.0 cm³/mol. The smallest absolute Gasteiger partial charge is 0.185 e. The molecule has 0 fully saturated rings. The van der Waals surface area contributed by atoms with Gasteiger partial charge in [-0.2, -0.15) is 5.26 Å². The molecule has 0 aliphatic carbocycles. The van der Waals surface area contributed by atoms with Gasteiger partial charge in [-0.15, -0.1) is 0 Å². The third kappa shape index (κ3) is 3.02. The number of aromatic nitrogens is 1. The van der Waals surface area contributed by atoms with Crippen LogP contribution in [0.1, 0.15) is 23.4 Å². The van der Waals surface area contributed by atoms with Gasteiger partial charge in [-0.1, -0.05) is 51.0 Å². The Hall–Kier alpha value is -1.09. The lowest BCUT2D eigenvalue weighted by molar-refractivity contribution is 0.881. The van der Waals surface area contributed by atoms with E-state index in [2.05, 4.69) is 26.2 Å². The molecular weight excluding hydrogens is 334 g/mol. The first kappa shape index (κ1) is 13.3. The van der Waals surface area contributed by atoms with Crippen LogP contribution in [-0.4, -0.2) is 4.98 Å². The molecule has 0 bridgehead atoms. The maximum Gasteiger partial charge on any atom is 0.185 e. The Kier molecular flexibility index (Phi) is 4.23. The van der Waals surface area contributed by atoms with E-state index in [9.17, 15) is 0 Å². The fourth-order valence-corrected chi connectivity index (χ4v) is 2.93. The zero-order valence-electron chi connectivity index (χ0n) is 9.45. The number of nitrogens with one attached hydrogen (secondary N) is 1. The van der Waals surface area contributed by atoms with Crippen molar-refractivity contribution < 1.29 is 0 Å². The summed E-state index contributed by atoms with van der Waals surface area (Å²) in [5.74, 6) is 0. The molecule has 0 radical (unpaired) electrons. The van der Waals surface area contributed by atoms with Crippen LogP contribution in [-0.2, 0) is 0 Å². The van der Waals surface area contributed by atoms with Gasteiger partial charge in [-0.25, -0.2) is 4.98 Å². The van der Waals surface area contributed by atoms with Crippen LogP contribution in [0.4, 0.5) is 5.13 Å². The molecule has 0 aliphatic heterocycles. The zero-order valence-corrected chi connectivity index (χ0v) is 12.6. The van der Waals surface area contributed by atoms with Gasteiger partial charge < -0.3 is 5.32 Å². The summed E-state index contributed by atoms with van der Waals surface area (Å²) in [6.45, 7) is 2.03. The van der Waals surface area contributed by atoms with Crippen LogP contribution in [0.2, 0.25) is 5.15 Å². The number of benzene rings is 1. The molecule has 2 aromatic rings. The molecular formula is C12H9BrClN3S. The number of hydrogen-bond donors (Lipinski definition) is 1. The van der Waals surface area contributed by atoms with Gasteiger partial charge in [0.25, 0.3) is 0 Å². The van der Waals surface area contributed by atoms with E-state index in [1.54, 1.807) is 0 Å². The molecule has 3 nitrogen and oxygen atoms in total. The monoisotopic (exact) mass is 341 g/mol. The van der Waals surface area contributed by atoms with Gasteiger partial charge in [-0.3, -0.25) is 0 Å². The number of rotatable bonds is 3. The summed E-state index contributed by atoms with van der Waals surface area (Å²) in [6.07, 6.45) is 0. The molecule has 0 amide bonds. The molecule has 0 saturated carbocycles. The highest BCUT2D eigenvalue weighted by atomic mass is 79.9. The minimum atomic E-state index is 0.0938. The van der Waals surface area contributed by atoms with Crippen molar-refractivity contribution in [1.82, 2.24) is 4.98 Å². The number of thiazole rings is 1. The van der Waals surface area contributed by atoms with Crippen molar-refractivity contribution in [3.8, 4) is 6.07 Å². The van der Waals surface area contributed by atoms with Crippen LogP contribution < -0.4 is 5.32 Å². The Bertz CT molecular complexity index is 606. The molecule has 92 valence electrons. The quantitative estimate of drug-likeness (QED) is 0.886. The van der Waals surface area contributed by atoms with Crippen molar-refractivity contribution in [1.29, 1.82) is 5.26 Å². The normalized spacial score (nSPS) is 11.9. The predicted octanol–water partition coefficient (Wildman–Crippen LogP) is 4.60. The molecule has 1 aromatic carbocycles. The topological polar surface area (TPSA) is 48.7 Å². The van der Waals surface area contributed by atoms with Crippen LogP contribution in [0.5, 0.6) is 0 Å². The highest BCUT2D eigenvalue weighted by Crippen LogP contribution is 2.29. The first-order chi connectivity index (χ1) is 8.60. The first-order valence-corrected chi connectivity index (χ1v) is 7.17. The van der Waals surface area contributed by atoms with Gasteiger partial charge >= 0.3 is 0 Å². The number of nitriles is 1. The lowest BCUT2D eigenvalue weighted by Gasteiger charge is -2.13. The molecule has 0 saturated heterocycles. The average Bonchev–Trinajstić information content (AvgIpc) is 2.69. The van der Waals surface area contributed by atoms with Crippen molar-refractivity contribution in [2.45, 2.75) is 13.0 Å². The van der Waals surface area contributed by atoms with E-state index >= 15 is 0 Å². The maximum atomic E-state index is 8.82. The van der Waals surface area contributed by atoms with Crippen molar-refractivity contribution in [3.63, 3.8) is 0 Å². The molecule has 1 atom stereocenters. The van der Waals surface area contributed by atoms with Gasteiger partial charge in [-0.05, 0) is 24.6 Å². The van der Waals surface area contributed by atoms with Crippen molar-refractivity contribution in [2.24, 2.45) is 0 Å². The van der Waals surface area contributed by atoms with E-state index in [1.165, 1.54) is 11.3 Å². The van der Waals surface area contributed by atoms with E-state index in [4.69, 9.17) is 16.9 Å². The van der Waals surface area contributed by atoms with Crippen LogP contribution >= 0.6 is 38.9 Å². The van der Waals surface area contributed by atoms with E-state index < -0.39 is 0 Å². The Morgan fingerprint density at radius 2 is 2.33 bits per heavy atom. The summed E-state index contributed by atoms with van der Waals surface area (Å²) >= 11 is 10.5. The molecule has 18 heavy (non-hydrogen) atoms. The number of halogens is 2. The summed E-state index contributed by atoms with van der Waals surface area (Å²) in [5.41, 5.74) is 1.13. The van der Waals surface area contributed by atoms with Crippen LogP contribution in [0, 0.1) is 11.3 Å². The Morgan fingerprint density at radius 1 is 1.56 bits per heavy atom. The third-order valence-corrected chi connectivity index (χ3v) is 4.15. The molecule has 1 N–H and O–H groups in total. The van der Waals surface area contributed by atoms with Crippen molar-refractivity contribution in [3.05, 3.63) is 44.3 Å². The minimum absolute atomic E-state index is 0.0938. The Labute approximate surface area is 123 Å². The summed E-state index contributed by atoms with van der Waals surface area (Å²) in [6, 6.07) is 10.1. The lowest BCUT2D eigenvalue weighted by atomic mass is 10.1. The molecule has 0 spiro atoms. The Balaban J connectivity index is 2.16. The second-order valence-electron chi connectivity index (χ2n) is 3.67.